The van der Waals surface area contributed by atoms with Crippen LogP contribution < -0.4 is 0 Å². The van der Waals surface area contributed by atoms with E-state index in [4.69, 9.17) is 16.7 Å². The van der Waals surface area contributed by atoms with Crippen molar-refractivity contribution in [3.63, 3.8) is 0 Å². The molecule has 0 amide bonds. The molecule has 0 saturated heterocycles. The van der Waals surface area contributed by atoms with Gasteiger partial charge in [-0.15, -0.1) is 0 Å². The summed E-state index contributed by atoms with van der Waals surface area (Å²) in [6.07, 6.45) is 0.578. The Kier molecular flexibility index (Phi) is 3.53. The van der Waals surface area contributed by atoms with Crippen LogP contribution in [0.15, 0.2) is 18.2 Å². The lowest BCUT2D eigenvalue weighted by Gasteiger charge is -2.11. The molecule has 76 valence electrons. The van der Waals surface area contributed by atoms with E-state index in [0.29, 0.717) is 11.4 Å². The second-order valence-corrected chi connectivity index (χ2v) is 3.80. The van der Waals surface area contributed by atoms with Crippen molar-refractivity contribution >= 4 is 17.6 Å². The molecule has 0 aliphatic heterocycles. The van der Waals surface area contributed by atoms with E-state index in [9.17, 15) is 4.79 Å². The molecule has 1 unspecified atom stereocenters. The predicted molar refractivity (Wildman–Crippen MR) is 56.9 cm³/mol. The van der Waals surface area contributed by atoms with E-state index in [1.165, 1.54) is 0 Å². The molecule has 0 bridgehead atoms. The Balaban J connectivity index is 3.10. The van der Waals surface area contributed by atoms with Gasteiger partial charge in [-0.3, -0.25) is 4.79 Å². The fraction of sp³-hybridized carbons (Fsp3) is 0.364. The Morgan fingerprint density at radius 3 is 2.57 bits per heavy atom. The Bertz CT molecular complexity index is 327. The maximum Gasteiger partial charge on any atom is 0.310 e. The van der Waals surface area contributed by atoms with Gasteiger partial charge in [-0.1, -0.05) is 24.6 Å². The molecule has 0 fully saturated rings. The summed E-state index contributed by atoms with van der Waals surface area (Å²) < 4.78 is 0. The molecule has 1 atom stereocenters. The quantitative estimate of drug-likeness (QED) is 0.835. The molecule has 1 aromatic carbocycles. The van der Waals surface area contributed by atoms with Crippen molar-refractivity contribution in [1.82, 2.24) is 0 Å². The Labute approximate surface area is 88.5 Å². The lowest BCUT2D eigenvalue weighted by molar-refractivity contribution is -0.138. The molecule has 1 N–H and O–H groups in total. The van der Waals surface area contributed by atoms with Crippen molar-refractivity contribution in [3.05, 3.63) is 34.3 Å². The minimum absolute atomic E-state index is 0.451. The average Bonchev–Trinajstić information content (AvgIpc) is 2.02. The summed E-state index contributed by atoms with van der Waals surface area (Å²) in [5, 5.41) is 9.56. The summed E-state index contributed by atoms with van der Waals surface area (Å²) in [5.74, 6) is -1.25. The molecule has 0 saturated carbocycles. The molecule has 0 aliphatic rings. The van der Waals surface area contributed by atoms with Gasteiger partial charge in [-0.25, -0.2) is 0 Å². The van der Waals surface area contributed by atoms with Crippen molar-refractivity contribution in [2.45, 2.75) is 26.2 Å². The maximum atomic E-state index is 10.9. The molecule has 0 heterocycles. The predicted octanol–water partition coefficient (Wildman–Crippen LogP) is 3.23. The molecular formula is C11H13ClO2. The van der Waals surface area contributed by atoms with Crippen LogP contribution in [0.5, 0.6) is 0 Å². The zero-order valence-electron chi connectivity index (χ0n) is 8.25. The average molecular weight is 213 g/mol. The topological polar surface area (TPSA) is 37.3 Å². The summed E-state index contributed by atoms with van der Waals surface area (Å²) in [4.78, 5) is 10.9. The van der Waals surface area contributed by atoms with E-state index in [0.717, 1.165) is 11.1 Å². The fourth-order valence-corrected chi connectivity index (χ4v) is 1.82. The van der Waals surface area contributed by atoms with Crippen LogP contribution in [0.25, 0.3) is 0 Å². The van der Waals surface area contributed by atoms with Crippen molar-refractivity contribution in [1.29, 1.82) is 0 Å². The summed E-state index contributed by atoms with van der Waals surface area (Å²) >= 11 is 5.86. The highest BCUT2D eigenvalue weighted by molar-refractivity contribution is 6.30. The third kappa shape index (κ3) is 2.48. The van der Waals surface area contributed by atoms with Gasteiger partial charge in [0.15, 0.2) is 0 Å². The van der Waals surface area contributed by atoms with E-state index < -0.39 is 11.9 Å². The summed E-state index contributed by atoms with van der Waals surface area (Å²) in [6.45, 7) is 3.76. The number of carboxylic acid groups (broad SMARTS) is 1. The minimum atomic E-state index is -0.797. The van der Waals surface area contributed by atoms with Gasteiger partial charge in [0.2, 0.25) is 0 Å². The lowest BCUT2D eigenvalue weighted by Crippen LogP contribution is -2.10. The smallest absolute Gasteiger partial charge is 0.310 e. The zero-order chi connectivity index (χ0) is 10.7. The first-order valence-electron chi connectivity index (χ1n) is 4.54. The highest BCUT2D eigenvalue weighted by Crippen LogP contribution is 2.24. The van der Waals surface area contributed by atoms with Crippen LogP contribution in [-0.2, 0) is 4.79 Å². The standard InChI is InChI=1S/C11H13ClO2/c1-3-10(11(13)14)8-4-7(2)5-9(12)6-8/h4-6,10H,3H2,1-2H3,(H,13,14). The van der Waals surface area contributed by atoms with E-state index >= 15 is 0 Å². The van der Waals surface area contributed by atoms with E-state index in [1.807, 2.05) is 26.0 Å². The Morgan fingerprint density at radius 2 is 2.14 bits per heavy atom. The summed E-state index contributed by atoms with van der Waals surface area (Å²) in [5.41, 5.74) is 1.78. The zero-order valence-corrected chi connectivity index (χ0v) is 9.01. The monoisotopic (exact) mass is 212 g/mol. The highest BCUT2D eigenvalue weighted by Gasteiger charge is 2.17. The largest absolute Gasteiger partial charge is 0.481 e. The maximum absolute atomic E-state index is 10.9. The molecule has 0 spiro atoms. The number of halogens is 1. The first kappa shape index (κ1) is 11.1. The summed E-state index contributed by atoms with van der Waals surface area (Å²) in [6, 6.07) is 5.41. The normalized spacial score (nSPS) is 12.5. The van der Waals surface area contributed by atoms with E-state index in [-0.39, 0.29) is 0 Å². The van der Waals surface area contributed by atoms with Crippen molar-refractivity contribution in [3.8, 4) is 0 Å². The van der Waals surface area contributed by atoms with Crippen LogP contribution in [0, 0.1) is 6.92 Å². The second-order valence-electron chi connectivity index (χ2n) is 3.36. The summed E-state index contributed by atoms with van der Waals surface area (Å²) in [7, 11) is 0. The number of aryl methyl sites for hydroxylation is 1. The molecule has 3 heteroatoms. The first-order valence-corrected chi connectivity index (χ1v) is 4.92. The van der Waals surface area contributed by atoms with Gasteiger partial charge >= 0.3 is 5.97 Å². The van der Waals surface area contributed by atoms with Gasteiger partial charge in [0.1, 0.15) is 0 Å². The van der Waals surface area contributed by atoms with Crippen molar-refractivity contribution < 1.29 is 9.90 Å². The Morgan fingerprint density at radius 1 is 1.50 bits per heavy atom. The minimum Gasteiger partial charge on any atom is -0.481 e. The van der Waals surface area contributed by atoms with Crippen LogP contribution in [0.2, 0.25) is 5.02 Å². The molecule has 14 heavy (non-hydrogen) atoms. The van der Waals surface area contributed by atoms with Gasteiger partial charge in [0.25, 0.3) is 0 Å². The number of hydrogen-bond donors (Lipinski definition) is 1. The van der Waals surface area contributed by atoms with Gasteiger partial charge in [-0.2, -0.15) is 0 Å². The van der Waals surface area contributed by atoms with Crippen LogP contribution in [0.4, 0.5) is 0 Å². The van der Waals surface area contributed by atoms with E-state index in [2.05, 4.69) is 0 Å². The number of benzene rings is 1. The SMILES string of the molecule is CCC(C(=O)O)c1cc(C)cc(Cl)c1. The molecule has 0 aliphatic carbocycles. The molecule has 0 radical (unpaired) electrons. The van der Waals surface area contributed by atoms with Crippen molar-refractivity contribution in [2.75, 3.05) is 0 Å². The van der Waals surface area contributed by atoms with Crippen LogP contribution in [0.1, 0.15) is 30.4 Å². The van der Waals surface area contributed by atoms with Gasteiger partial charge < -0.3 is 5.11 Å². The van der Waals surface area contributed by atoms with Crippen LogP contribution in [0.3, 0.4) is 0 Å². The number of rotatable bonds is 3. The third-order valence-corrected chi connectivity index (χ3v) is 2.39. The molecule has 1 rings (SSSR count). The number of aliphatic carboxylic acids is 1. The van der Waals surface area contributed by atoms with Gasteiger partial charge in [0, 0.05) is 5.02 Å². The van der Waals surface area contributed by atoms with Gasteiger partial charge in [-0.05, 0) is 36.6 Å². The van der Waals surface area contributed by atoms with Crippen molar-refractivity contribution in [2.24, 2.45) is 0 Å². The molecule has 1 aromatic rings. The van der Waals surface area contributed by atoms with Crippen LogP contribution in [-0.4, -0.2) is 11.1 Å². The molecule has 2 nitrogen and oxygen atoms in total. The van der Waals surface area contributed by atoms with Crippen LogP contribution >= 0.6 is 11.6 Å². The number of carboxylic acids is 1. The number of carbonyl (C=O) groups is 1. The lowest BCUT2D eigenvalue weighted by atomic mass is 9.95. The number of hydrogen-bond acceptors (Lipinski definition) is 1. The Hall–Kier alpha value is -1.02. The second kappa shape index (κ2) is 4.47. The highest BCUT2D eigenvalue weighted by atomic mass is 35.5. The van der Waals surface area contributed by atoms with Gasteiger partial charge in [0.05, 0.1) is 5.92 Å². The molecular weight excluding hydrogens is 200 g/mol. The van der Waals surface area contributed by atoms with E-state index in [1.54, 1.807) is 6.07 Å². The fourth-order valence-electron chi connectivity index (χ4n) is 1.52. The molecule has 0 aromatic heterocycles. The first-order chi connectivity index (χ1) is 6.54. The third-order valence-electron chi connectivity index (χ3n) is 2.17.